The molecule has 18 heavy (non-hydrogen) atoms. The van der Waals surface area contributed by atoms with E-state index in [4.69, 9.17) is 0 Å². The summed E-state index contributed by atoms with van der Waals surface area (Å²) in [5.74, 6) is 0.580. The van der Waals surface area contributed by atoms with Gasteiger partial charge in [-0.05, 0) is 44.0 Å². The Kier molecular flexibility index (Phi) is 2.91. The summed E-state index contributed by atoms with van der Waals surface area (Å²) in [6.07, 6.45) is 4.02. The molecule has 1 N–H and O–H groups in total. The van der Waals surface area contributed by atoms with Gasteiger partial charge in [0.1, 0.15) is 0 Å². The van der Waals surface area contributed by atoms with Crippen molar-refractivity contribution in [3.63, 3.8) is 0 Å². The second kappa shape index (κ2) is 4.57. The molecule has 0 saturated carbocycles. The maximum atomic E-state index is 12.2. The van der Waals surface area contributed by atoms with Crippen molar-refractivity contribution >= 4 is 11.2 Å². The standard InChI is InChI=1S/C13H18N4O/c1-16-11-3-2-6-15-12(11)17(13(16)18)9-10-4-7-14-8-5-10/h2-3,6,10,14H,4-5,7-9H2,1H3. The van der Waals surface area contributed by atoms with E-state index in [-0.39, 0.29) is 5.69 Å². The number of hydrogen-bond acceptors (Lipinski definition) is 3. The third-order valence-corrected chi connectivity index (χ3v) is 3.80. The minimum atomic E-state index is 0.0437. The molecule has 0 spiro atoms. The Morgan fingerprint density at radius 2 is 2.22 bits per heavy atom. The number of piperidine rings is 1. The van der Waals surface area contributed by atoms with Crippen molar-refractivity contribution in [2.45, 2.75) is 19.4 Å². The van der Waals surface area contributed by atoms with Crippen LogP contribution < -0.4 is 11.0 Å². The highest BCUT2D eigenvalue weighted by Crippen LogP contribution is 2.16. The third-order valence-electron chi connectivity index (χ3n) is 3.80. The molecule has 3 heterocycles. The summed E-state index contributed by atoms with van der Waals surface area (Å²) >= 11 is 0. The van der Waals surface area contributed by atoms with Gasteiger partial charge in [-0.15, -0.1) is 0 Å². The molecule has 3 rings (SSSR count). The number of hydrogen-bond donors (Lipinski definition) is 1. The zero-order valence-electron chi connectivity index (χ0n) is 10.6. The zero-order valence-corrected chi connectivity index (χ0v) is 10.6. The second-order valence-electron chi connectivity index (χ2n) is 4.99. The van der Waals surface area contributed by atoms with Gasteiger partial charge in [-0.25, -0.2) is 9.78 Å². The minimum absolute atomic E-state index is 0.0437. The molecule has 1 fully saturated rings. The topological polar surface area (TPSA) is 51.9 Å². The highest BCUT2D eigenvalue weighted by Gasteiger charge is 2.18. The van der Waals surface area contributed by atoms with Crippen LogP contribution in [0.5, 0.6) is 0 Å². The van der Waals surface area contributed by atoms with E-state index in [0.29, 0.717) is 5.92 Å². The number of aryl methyl sites for hydroxylation is 1. The Morgan fingerprint density at radius 1 is 1.44 bits per heavy atom. The molecular formula is C13H18N4O. The van der Waals surface area contributed by atoms with Gasteiger partial charge in [0.05, 0.1) is 5.52 Å². The van der Waals surface area contributed by atoms with E-state index in [1.54, 1.807) is 10.8 Å². The number of fused-ring (bicyclic) bond motifs is 1. The average Bonchev–Trinajstić information content (AvgIpc) is 2.66. The number of aromatic nitrogens is 3. The Balaban J connectivity index is 2.00. The quantitative estimate of drug-likeness (QED) is 0.850. The smallest absolute Gasteiger partial charge is 0.317 e. The first-order chi connectivity index (χ1) is 8.77. The normalized spacial score (nSPS) is 17.4. The van der Waals surface area contributed by atoms with Crippen molar-refractivity contribution < 1.29 is 0 Å². The van der Waals surface area contributed by atoms with E-state index < -0.39 is 0 Å². The summed E-state index contributed by atoms with van der Waals surface area (Å²) in [4.78, 5) is 16.6. The lowest BCUT2D eigenvalue weighted by Gasteiger charge is -2.22. The van der Waals surface area contributed by atoms with E-state index in [9.17, 15) is 4.79 Å². The van der Waals surface area contributed by atoms with Crippen LogP contribution in [0.15, 0.2) is 23.1 Å². The van der Waals surface area contributed by atoms with Gasteiger partial charge in [0, 0.05) is 19.8 Å². The van der Waals surface area contributed by atoms with Gasteiger partial charge in [-0.2, -0.15) is 0 Å². The molecular weight excluding hydrogens is 228 g/mol. The first-order valence-corrected chi connectivity index (χ1v) is 6.48. The second-order valence-corrected chi connectivity index (χ2v) is 4.99. The van der Waals surface area contributed by atoms with Crippen LogP contribution in [0.4, 0.5) is 0 Å². The summed E-state index contributed by atoms with van der Waals surface area (Å²) in [6, 6.07) is 3.82. The fourth-order valence-corrected chi connectivity index (χ4v) is 2.72. The predicted molar refractivity (Wildman–Crippen MR) is 70.6 cm³/mol. The van der Waals surface area contributed by atoms with Gasteiger partial charge < -0.3 is 5.32 Å². The molecule has 0 amide bonds. The summed E-state index contributed by atoms with van der Waals surface area (Å²) in [6.45, 7) is 2.89. The van der Waals surface area contributed by atoms with E-state index in [1.165, 1.54) is 0 Å². The monoisotopic (exact) mass is 246 g/mol. The van der Waals surface area contributed by atoms with Gasteiger partial charge in [0.2, 0.25) is 0 Å². The molecule has 1 aliphatic rings. The van der Waals surface area contributed by atoms with Crippen LogP contribution >= 0.6 is 0 Å². The van der Waals surface area contributed by atoms with Crippen LogP contribution in [0.25, 0.3) is 11.2 Å². The molecule has 2 aromatic heterocycles. The molecule has 0 atom stereocenters. The van der Waals surface area contributed by atoms with E-state index >= 15 is 0 Å². The summed E-state index contributed by atoms with van der Waals surface area (Å²) in [7, 11) is 1.81. The Bertz CT molecular complexity index is 607. The van der Waals surface area contributed by atoms with Crippen molar-refractivity contribution in [3.05, 3.63) is 28.8 Å². The molecule has 0 bridgehead atoms. The number of rotatable bonds is 2. The van der Waals surface area contributed by atoms with Gasteiger partial charge in [-0.1, -0.05) is 0 Å². The SMILES string of the molecule is Cn1c(=O)n(CC2CCNCC2)c2ncccc21. The Hall–Kier alpha value is -1.62. The molecule has 96 valence electrons. The van der Waals surface area contributed by atoms with Gasteiger partial charge >= 0.3 is 5.69 Å². The fourth-order valence-electron chi connectivity index (χ4n) is 2.72. The molecule has 0 radical (unpaired) electrons. The molecule has 1 aliphatic heterocycles. The lowest BCUT2D eigenvalue weighted by atomic mass is 9.98. The van der Waals surface area contributed by atoms with Crippen LogP contribution in [0.2, 0.25) is 0 Å². The number of imidazole rings is 1. The average molecular weight is 246 g/mol. The van der Waals surface area contributed by atoms with E-state index in [1.807, 2.05) is 23.7 Å². The molecule has 0 unspecified atom stereocenters. The summed E-state index contributed by atoms with van der Waals surface area (Å²) < 4.78 is 3.51. The largest absolute Gasteiger partial charge is 0.330 e. The van der Waals surface area contributed by atoms with Crippen LogP contribution in [0.1, 0.15) is 12.8 Å². The van der Waals surface area contributed by atoms with Gasteiger partial charge in [-0.3, -0.25) is 9.13 Å². The predicted octanol–water partition coefficient (Wildman–Crippen LogP) is 0.735. The number of nitrogens with one attached hydrogen (secondary N) is 1. The van der Waals surface area contributed by atoms with Gasteiger partial charge in [0.15, 0.2) is 5.65 Å². The van der Waals surface area contributed by atoms with Crippen molar-refractivity contribution in [2.24, 2.45) is 13.0 Å². The minimum Gasteiger partial charge on any atom is -0.317 e. The molecule has 1 saturated heterocycles. The van der Waals surface area contributed by atoms with Crippen LogP contribution in [0, 0.1) is 5.92 Å². The maximum absolute atomic E-state index is 12.2. The molecule has 5 nitrogen and oxygen atoms in total. The summed E-state index contributed by atoms with van der Waals surface area (Å²) in [5.41, 5.74) is 1.77. The van der Waals surface area contributed by atoms with Crippen LogP contribution in [-0.2, 0) is 13.6 Å². The first-order valence-electron chi connectivity index (χ1n) is 6.48. The highest BCUT2D eigenvalue weighted by molar-refractivity contribution is 5.71. The number of nitrogens with zero attached hydrogens (tertiary/aromatic N) is 3. The Morgan fingerprint density at radius 3 is 3.00 bits per heavy atom. The lowest BCUT2D eigenvalue weighted by Crippen LogP contribution is -2.32. The van der Waals surface area contributed by atoms with Crippen molar-refractivity contribution in [3.8, 4) is 0 Å². The fraction of sp³-hybridized carbons (Fsp3) is 0.538. The lowest BCUT2D eigenvalue weighted by molar-refractivity contribution is 0.332. The molecule has 5 heteroatoms. The van der Waals surface area contributed by atoms with E-state index in [2.05, 4.69) is 10.3 Å². The first kappa shape index (κ1) is 11.5. The third kappa shape index (κ3) is 1.84. The molecule has 2 aromatic rings. The van der Waals surface area contributed by atoms with E-state index in [0.717, 1.165) is 43.6 Å². The molecule has 0 aromatic carbocycles. The highest BCUT2D eigenvalue weighted by atomic mass is 16.1. The van der Waals surface area contributed by atoms with Crippen molar-refractivity contribution in [2.75, 3.05) is 13.1 Å². The van der Waals surface area contributed by atoms with Gasteiger partial charge in [0.25, 0.3) is 0 Å². The van der Waals surface area contributed by atoms with Crippen molar-refractivity contribution in [1.29, 1.82) is 0 Å². The van der Waals surface area contributed by atoms with Crippen LogP contribution in [0.3, 0.4) is 0 Å². The van der Waals surface area contributed by atoms with Crippen LogP contribution in [-0.4, -0.2) is 27.2 Å². The van der Waals surface area contributed by atoms with Crippen molar-refractivity contribution in [1.82, 2.24) is 19.4 Å². The Labute approximate surface area is 105 Å². The number of pyridine rings is 1. The maximum Gasteiger partial charge on any atom is 0.330 e. The summed E-state index contributed by atoms with van der Waals surface area (Å²) in [5, 5.41) is 3.35. The zero-order chi connectivity index (χ0) is 12.5. The molecule has 0 aliphatic carbocycles.